The third-order valence-electron chi connectivity index (χ3n) is 7.75. The molecular formula is C32H33Cl2N5O4. The molecule has 1 saturated heterocycles. The summed E-state index contributed by atoms with van der Waals surface area (Å²) in [6.07, 6.45) is -0.737. The van der Waals surface area contributed by atoms with Gasteiger partial charge in [-0.25, -0.2) is 4.98 Å². The molecule has 9 nitrogen and oxygen atoms in total. The van der Waals surface area contributed by atoms with Gasteiger partial charge in [-0.05, 0) is 31.2 Å². The number of aromatic nitrogens is 2. The van der Waals surface area contributed by atoms with Crippen LogP contribution in [0.25, 0.3) is 17.1 Å². The summed E-state index contributed by atoms with van der Waals surface area (Å²) in [4.78, 5) is 22.5. The first-order valence-electron chi connectivity index (χ1n) is 14.3. The Balaban J connectivity index is 1.12. The number of aliphatic hydroxyl groups is 1. The maximum atomic E-state index is 13.4. The zero-order valence-electron chi connectivity index (χ0n) is 23.8. The summed E-state index contributed by atoms with van der Waals surface area (Å²) in [6.45, 7) is 6.44. The predicted molar refractivity (Wildman–Crippen MR) is 168 cm³/mol. The number of benzene rings is 3. The Morgan fingerprint density at radius 2 is 1.72 bits per heavy atom. The van der Waals surface area contributed by atoms with E-state index in [9.17, 15) is 9.90 Å². The van der Waals surface area contributed by atoms with Crippen LogP contribution in [0.2, 0.25) is 10.0 Å². The number of fused-ring (bicyclic) bond motifs is 1. The number of amides is 1. The molecule has 3 aromatic carbocycles. The zero-order valence-corrected chi connectivity index (χ0v) is 25.3. The van der Waals surface area contributed by atoms with Crippen LogP contribution >= 0.6 is 23.2 Å². The van der Waals surface area contributed by atoms with Crippen molar-refractivity contribution in [1.82, 2.24) is 19.8 Å². The molecule has 2 aliphatic rings. The molecule has 0 aliphatic carbocycles. The van der Waals surface area contributed by atoms with E-state index in [2.05, 4.69) is 15.1 Å². The molecule has 1 atom stereocenters. The number of nitrogens with one attached hydrogen (secondary N) is 1. The summed E-state index contributed by atoms with van der Waals surface area (Å²) >= 11 is 12.6. The Labute approximate surface area is 260 Å². The van der Waals surface area contributed by atoms with Crippen molar-refractivity contribution in [3.8, 4) is 28.6 Å². The molecule has 0 bridgehead atoms. The third-order valence-corrected chi connectivity index (χ3v) is 8.56. The van der Waals surface area contributed by atoms with Crippen LogP contribution in [0, 0.1) is 6.92 Å². The van der Waals surface area contributed by atoms with Crippen LogP contribution in [-0.2, 0) is 0 Å². The van der Waals surface area contributed by atoms with Crippen LogP contribution in [0.1, 0.15) is 16.2 Å². The molecular weight excluding hydrogens is 589 g/mol. The van der Waals surface area contributed by atoms with E-state index in [1.165, 1.54) is 0 Å². The summed E-state index contributed by atoms with van der Waals surface area (Å²) in [6, 6.07) is 21.1. The fourth-order valence-electron chi connectivity index (χ4n) is 5.55. The number of carbonyl (C=O) groups excluding carboxylic acids is 1. The lowest BCUT2D eigenvalue weighted by atomic mass is 10.2. The van der Waals surface area contributed by atoms with Crippen LogP contribution in [-0.4, -0.2) is 84.1 Å². The minimum atomic E-state index is -0.737. The Kier molecular flexibility index (Phi) is 8.76. The van der Waals surface area contributed by atoms with Gasteiger partial charge in [0.05, 0.1) is 33.2 Å². The summed E-state index contributed by atoms with van der Waals surface area (Å²) in [5.74, 6) is 1.64. The maximum absolute atomic E-state index is 13.4. The number of imidazole rings is 1. The maximum Gasteiger partial charge on any atom is 0.271 e. The number of halogens is 2. The molecule has 224 valence electrons. The van der Waals surface area contributed by atoms with Gasteiger partial charge in [0.15, 0.2) is 11.5 Å². The molecule has 2 N–H and O–H groups in total. The first-order chi connectivity index (χ1) is 20.9. The van der Waals surface area contributed by atoms with Crippen molar-refractivity contribution in [1.29, 1.82) is 0 Å². The summed E-state index contributed by atoms with van der Waals surface area (Å²) < 4.78 is 13.4. The van der Waals surface area contributed by atoms with Gasteiger partial charge in [-0.15, -0.1) is 0 Å². The number of rotatable bonds is 8. The van der Waals surface area contributed by atoms with Crippen molar-refractivity contribution in [3.63, 3.8) is 0 Å². The largest absolute Gasteiger partial charge is 0.486 e. The third kappa shape index (κ3) is 6.31. The number of β-amino-alcohol motifs (C(OH)–C–C–N with tert-alkyl or cyclic N) is 1. The minimum absolute atomic E-state index is 0.107. The Bertz CT molecular complexity index is 1610. The number of anilines is 1. The lowest BCUT2D eigenvalue weighted by Crippen LogP contribution is -2.50. The second kappa shape index (κ2) is 12.9. The Morgan fingerprint density at radius 3 is 2.49 bits per heavy atom. The number of aliphatic hydroxyl groups excluding tert-OH is 1. The fourth-order valence-corrected chi connectivity index (χ4v) is 5.96. The zero-order chi connectivity index (χ0) is 29.9. The first kappa shape index (κ1) is 29.3. The predicted octanol–water partition coefficient (Wildman–Crippen LogP) is 4.84. The van der Waals surface area contributed by atoms with Gasteiger partial charge in [0.1, 0.15) is 24.7 Å². The SMILES string of the molecule is Cc1c(C(=O)NCC(O)CN2CCN(c3cccc(Cl)c3Cl)CC2)nc(-c2ccccc2)n1-c1ccc2c(c1)OCCO2. The molecule has 6 rings (SSSR count). The molecule has 4 aromatic rings. The molecule has 1 amide bonds. The number of hydrogen-bond acceptors (Lipinski definition) is 7. The number of piperazine rings is 1. The normalized spacial score (nSPS) is 15.8. The monoisotopic (exact) mass is 621 g/mol. The molecule has 43 heavy (non-hydrogen) atoms. The first-order valence-corrected chi connectivity index (χ1v) is 15.1. The van der Waals surface area contributed by atoms with Gasteiger partial charge in [0, 0.05) is 50.9 Å². The topological polar surface area (TPSA) is 92.1 Å². The van der Waals surface area contributed by atoms with Gasteiger partial charge in [-0.2, -0.15) is 0 Å². The average molecular weight is 623 g/mol. The van der Waals surface area contributed by atoms with Crippen LogP contribution in [0.3, 0.4) is 0 Å². The van der Waals surface area contributed by atoms with Crippen molar-refractivity contribution in [3.05, 3.63) is 88.2 Å². The van der Waals surface area contributed by atoms with E-state index < -0.39 is 6.10 Å². The quantitative estimate of drug-likeness (QED) is 0.291. The molecule has 2 aliphatic heterocycles. The molecule has 3 heterocycles. The molecule has 0 spiro atoms. The Hall–Kier alpha value is -3.76. The van der Waals surface area contributed by atoms with Gasteiger partial charge in [-0.3, -0.25) is 14.3 Å². The van der Waals surface area contributed by atoms with E-state index in [1.807, 2.05) is 72.2 Å². The molecule has 1 fully saturated rings. The molecule has 1 aromatic heterocycles. The summed E-state index contributed by atoms with van der Waals surface area (Å²) in [5.41, 5.74) is 3.58. The molecule has 0 saturated carbocycles. The lowest BCUT2D eigenvalue weighted by molar-refractivity contribution is 0.0847. The van der Waals surface area contributed by atoms with Gasteiger partial charge in [-0.1, -0.05) is 59.6 Å². The van der Waals surface area contributed by atoms with E-state index in [-0.39, 0.29) is 12.5 Å². The van der Waals surface area contributed by atoms with Gasteiger partial charge < -0.3 is 24.8 Å². The fraction of sp³-hybridized carbons (Fsp3) is 0.312. The van der Waals surface area contributed by atoms with Gasteiger partial charge in [0.2, 0.25) is 0 Å². The molecule has 11 heteroatoms. The highest BCUT2D eigenvalue weighted by Gasteiger charge is 2.25. The van der Waals surface area contributed by atoms with Gasteiger partial charge >= 0.3 is 0 Å². The highest BCUT2D eigenvalue weighted by Crippen LogP contribution is 2.35. The number of hydrogen-bond donors (Lipinski definition) is 2. The van der Waals surface area contributed by atoms with Crippen LogP contribution in [0.5, 0.6) is 11.5 Å². The van der Waals surface area contributed by atoms with E-state index in [0.717, 1.165) is 43.1 Å². The highest BCUT2D eigenvalue weighted by molar-refractivity contribution is 6.43. The molecule has 1 unspecified atom stereocenters. The van der Waals surface area contributed by atoms with Crippen LogP contribution < -0.4 is 19.7 Å². The summed E-state index contributed by atoms with van der Waals surface area (Å²) in [7, 11) is 0. The van der Waals surface area contributed by atoms with Crippen molar-refractivity contribution in [2.45, 2.75) is 13.0 Å². The minimum Gasteiger partial charge on any atom is -0.486 e. The second-order valence-electron chi connectivity index (χ2n) is 10.6. The van der Waals surface area contributed by atoms with E-state index in [0.29, 0.717) is 58.5 Å². The number of ether oxygens (including phenoxy) is 2. The second-order valence-corrected chi connectivity index (χ2v) is 11.4. The van der Waals surface area contributed by atoms with Crippen molar-refractivity contribution in [2.24, 2.45) is 0 Å². The standard InChI is InChI=1S/C32H33Cl2N5O4/c1-21-30(32(41)35-19-24(40)20-37-12-14-38(15-13-37)26-9-5-8-25(33)29(26)34)36-31(22-6-3-2-4-7-22)39(21)23-10-11-27-28(18-23)43-17-16-42-27/h2-11,18,24,40H,12-17,19-20H2,1H3,(H,35,41). The van der Waals surface area contributed by atoms with E-state index in [1.54, 1.807) is 6.07 Å². The van der Waals surface area contributed by atoms with Crippen molar-refractivity contribution < 1.29 is 19.4 Å². The number of carbonyl (C=O) groups is 1. The summed E-state index contributed by atoms with van der Waals surface area (Å²) in [5, 5.41) is 14.8. The average Bonchev–Trinajstić information content (AvgIpc) is 3.39. The van der Waals surface area contributed by atoms with E-state index in [4.69, 9.17) is 37.7 Å². The molecule has 0 radical (unpaired) electrons. The number of nitrogens with zero attached hydrogens (tertiary/aromatic N) is 4. The lowest BCUT2D eigenvalue weighted by Gasteiger charge is -2.37. The Morgan fingerprint density at radius 1 is 0.977 bits per heavy atom. The highest BCUT2D eigenvalue weighted by atomic mass is 35.5. The van der Waals surface area contributed by atoms with Crippen molar-refractivity contribution >= 4 is 34.8 Å². The van der Waals surface area contributed by atoms with Crippen LogP contribution in [0.15, 0.2) is 66.7 Å². The smallest absolute Gasteiger partial charge is 0.271 e. The van der Waals surface area contributed by atoms with Crippen LogP contribution in [0.4, 0.5) is 5.69 Å². The van der Waals surface area contributed by atoms with Crippen molar-refractivity contribution in [2.75, 3.05) is 57.4 Å². The van der Waals surface area contributed by atoms with E-state index >= 15 is 0 Å². The van der Waals surface area contributed by atoms with Gasteiger partial charge in [0.25, 0.3) is 5.91 Å².